The van der Waals surface area contributed by atoms with E-state index < -0.39 is 164 Å². The van der Waals surface area contributed by atoms with Crippen LogP contribution in [-0.4, -0.2) is 234 Å². The van der Waals surface area contributed by atoms with Gasteiger partial charge in [0.2, 0.25) is 35.4 Å². The Morgan fingerprint density at radius 2 is 1.40 bits per heavy atom. The fraction of sp³-hybridized carbons (Fsp3) is 0.541. The number of amides is 7. The van der Waals surface area contributed by atoms with E-state index in [1.165, 1.54) is 36.5 Å². The number of unbranched alkanes of at least 4 members (excludes halogenated alkanes) is 4. The van der Waals surface area contributed by atoms with Gasteiger partial charge in [-0.15, -0.1) is 14.5 Å². The van der Waals surface area contributed by atoms with Gasteiger partial charge in [0.1, 0.15) is 52.0 Å². The Bertz CT molecular complexity index is 3230. The van der Waals surface area contributed by atoms with Gasteiger partial charge in [-0.1, -0.05) is 55.7 Å². The van der Waals surface area contributed by atoms with Gasteiger partial charge in [0, 0.05) is 81.8 Å². The average molecular weight is 1390 g/mol. The summed E-state index contributed by atoms with van der Waals surface area (Å²) in [5, 5.41) is 127. The number of hydrogen-bond acceptors (Lipinski definition) is 26. The number of aromatic nitrogens is 2. The van der Waals surface area contributed by atoms with Crippen LogP contribution in [0.1, 0.15) is 87.6 Å². The molecule has 32 nitrogen and oxygen atoms in total. The van der Waals surface area contributed by atoms with Crippen molar-refractivity contribution >= 4 is 71.0 Å². The number of carboxylic acids is 1. The van der Waals surface area contributed by atoms with E-state index in [0.717, 1.165) is 73.1 Å². The first-order chi connectivity index (χ1) is 45.5. The van der Waals surface area contributed by atoms with Crippen molar-refractivity contribution in [2.75, 3.05) is 53.0 Å². The van der Waals surface area contributed by atoms with Gasteiger partial charge in [-0.25, -0.2) is 0 Å². The summed E-state index contributed by atoms with van der Waals surface area (Å²) >= 11 is 1.29. The molecule has 13 atom stereocenters. The summed E-state index contributed by atoms with van der Waals surface area (Å²) < 4.78 is 20.2. The van der Waals surface area contributed by atoms with Crippen molar-refractivity contribution in [2.45, 2.75) is 151 Å². The molecule has 3 aromatic carbocycles. The molecule has 35 heteroatoms. The number of phenolic OH excluding ortho intramolecular Hbond substituents is 1. The van der Waals surface area contributed by atoms with Crippen molar-refractivity contribution in [3.63, 3.8) is 0 Å². The molecule has 96 heavy (non-hydrogen) atoms. The number of aliphatic hydroxyl groups excluding tert-OH is 6. The van der Waals surface area contributed by atoms with Gasteiger partial charge in [-0.05, 0) is 86.8 Å². The van der Waals surface area contributed by atoms with E-state index in [9.17, 15) is 84.5 Å². The zero-order chi connectivity index (χ0) is 68.9. The first-order valence-corrected chi connectivity index (χ1v) is 32.4. The van der Waals surface area contributed by atoms with Crippen LogP contribution >= 0.6 is 23.7 Å². The topological polar surface area (TPSA) is 472 Å². The van der Waals surface area contributed by atoms with Crippen LogP contribution in [0.3, 0.4) is 0 Å². The summed E-state index contributed by atoms with van der Waals surface area (Å²) in [6, 6.07) is 5.54. The molecule has 7 amide bonds. The molecule has 0 saturated carbocycles. The number of aliphatic carboxylic acids is 1. The predicted molar refractivity (Wildman–Crippen MR) is 334 cm³/mol. The van der Waals surface area contributed by atoms with E-state index in [-0.39, 0.29) is 91.2 Å². The van der Waals surface area contributed by atoms with E-state index >= 15 is 0 Å². The molecule has 520 valence electrons. The van der Waals surface area contributed by atoms with Gasteiger partial charge in [0.05, 0.1) is 49.7 Å². The van der Waals surface area contributed by atoms with Crippen LogP contribution in [0.15, 0.2) is 66.7 Å². The van der Waals surface area contributed by atoms with Crippen LogP contribution in [-0.2, 0) is 54.1 Å². The number of carboxylic acid groups (broad SMARTS) is 1. The van der Waals surface area contributed by atoms with E-state index in [2.05, 4.69) is 51.5 Å². The fourth-order valence-electron chi connectivity index (χ4n) is 11.1. The zero-order valence-corrected chi connectivity index (χ0v) is 56.9. The van der Waals surface area contributed by atoms with Crippen molar-refractivity contribution in [2.24, 2.45) is 5.92 Å². The Kier molecular flexibility index (Phi) is 31.3. The molecule has 3 aliphatic rings. The van der Waals surface area contributed by atoms with E-state index in [0.29, 0.717) is 27.9 Å². The molecule has 4 heterocycles. The summed E-state index contributed by atoms with van der Waals surface area (Å²) in [6.07, 6.45) is -7.82. The number of phenols is 1. The van der Waals surface area contributed by atoms with Crippen LogP contribution in [0.5, 0.6) is 17.2 Å². The molecule has 1 aromatic heterocycles. The molecule has 0 aliphatic carbocycles. The number of β-amino-alcohol motifs (C(OH)–C–C–N with tert-alkyl or cyclic N) is 1. The minimum absolute atomic E-state index is 0. The van der Waals surface area contributed by atoms with Crippen molar-refractivity contribution < 1.29 is 137 Å². The van der Waals surface area contributed by atoms with E-state index in [1.807, 2.05) is 24.3 Å². The van der Waals surface area contributed by atoms with Crippen molar-refractivity contribution in [1.29, 1.82) is 0 Å². The number of carbonyl (C=O) groups is 8. The van der Waals surface area contributed by atoms with Crippen molar-refractivity contribution in [3.8, 4) is 38.4 Å². The molecule has 14 N–H and O–H groups in total. The van der Waals surface area contributed by atoms with Crippen molar-refractivity contribution in [3.05, 3.63) is 77.9 Å². The van der Waals surface area contributed by atoms with Crippen LogP contribution in [0.25, 0.3) is 21.1 Å². The third-order valence-corrected chi connectivity index (χ3v) is 17.6. The maximum atomic E-state index is 14.9. The maximum absolute atomic E-state index is 14.9. The Morgan fingerprint density at radius 3 is 2.05 bits per heavy atom. The number of rotatable bonds is 28. The summed E-state index contributed by atoms with van der Waals surface area (Å²) in [5.41, 5.74) is 1.46. The number of fused-ring (bicyclic) bond motifs is 2. The number of nitrogens with zero attached hydrogens (tertiary/aromatic N) is 4. The summed E-state index contributed by atoms with van der Waals surface area (Å²) in [4.78, 5) is 115. The molecule has 3 fully saturated rings. The third kappa shape index (κ3) is 22.2. The number of aliphatic hydroxyl groups is 6. The Morgan fingerprint density at radius 1 is 0.760 bits per heavy atom. The molecule has 3 saturated heterocycles. The number of methoxy groups -OCH3 is 1. The molecule has 4 aromatic rings. The van der Waals surface area contributed by atoms with Gasteiger partial charge in [0.15, 0.2) is 11.5 Å². The smallest absolute Gasteiger partial charge is 0.691 e. The first-order valence-electron chi connectivity index (χ1n) is 30.9. The minimum Gasteiger partial charge on any atom is -0.691 e. The summed E-state index contributed by atoms with van der Waals surface area (Å²) in [7, 11) is 1.69. The summed E-state index contributed by atoms with van der Waals surface area (Å²) in [6.45, 7) is 2.03. The Hall–Kier alpha value is -6.71. The standard InChI is InChI=1S/C61H82N10O22S2.Na/c1-32-30-71-51(52(32)80)57(85)63-29-38(73)27-41(64-53(81)35-10-12-36(13-11-35)58-68-69-59(94-58)37-14-16-40(17-15-37)90-24-8-6-4-5-7-23-89-3)54(82)65-48(33(2)72)60(86)70-31-39(74)28-42(70)55(83)66-49(45(77)25-34-9-18-43(75)46(26-34)91-95-93-92-88)56(84)67-50(61(71)87)44(76)19-21-62-22-20-47(78)79;/h9-18,26,32-33,38-39,41-42,44-45,48-52,62,72-77,80,88H,4-8,19-25,27-31H2,1-3H3,(H,63,85)(H,64,81)(H,65,82)(H,66,83)(H,67,84)(H,78,79);/q;+1/p-1/t32-,33+,38+,39+,41+,42+,44-,45-,48+,49+,50+,51+,52+;/m1./s1. The monoisotopic (exact) mass is 1390 g/mol. The van der Waals surface area contributed by atoms with Crippen LogP contribution < -0.4 is 75.6 Å². The normalized spacial score (nSPS) is 24.0. The largest absolute Gasteiger partial charge is 1.00 e. The third-order valence-electron chi connectivity index (χ3n) is 16.2. The second kappa shape index (κ2) is 38.4. The predicted octanol–water partition coefficient (Wildman–Crippen LogP) is -4.87. The molecular formula is C61H81N10NaO22S2. The average Bonchev–Trinajstić information content (AvgIpc) is 1.62. The Labute approximate surface area is 582 Å². The quantitative estimate of drug-likeness (QED) is 0.00833. The first kappa shape index (κ1) is 78.3. The number of nitrogens with one attached hydrogen (secondary N) is 6. The van der Waals surface area contributed by atoms with E-state index in [1.54, 1.807) is 19.2 Å². The molecule has 0 radical (unpaired) electrons. The number of benzene rings is 3. The molecular weight excluding hydrogens is 1310 g/mol. The second-order valence-corrected chi connectivity index (χ2v) is 24.8. The molecule has 0 unspecified atom stereocenters. The van der Waals surface area contributed by atoms with Gasteiger partial charge in [-0.3, -0.25) is 43.4 Å². The maximum Gasteiger partial charge on any atom is 1.00 e. The number of ether oxygens (including phenoxy) is 2. The van der Waals surface area contributed by atoms with Crippen LogP contribution in [0, 0.1) is 5.92 Å². The van der Waals surface area contributed by atoms with E-state index in [4.69, 9.17) is 13.7 Å². The number of carbonyl (C=O) groups excluding carboxylic acids is 7. The fourth-order valence-corrected chi connectivity index (χ4v) is 12.2. The van der Waals surface area contributed by atoms with Gasteiger partial charge >= 0.3 is 35.5 Å². The van der Waals surface area contributed by atoms with Gasteiger partial charge in [0.25, 0.3) is 18.2 Å². The summed E-state index contributed by atoms with van der Waals surface area (Å²) in [5.74, 6) is -10.2. The van der Waals surface area contributed by atoms with Crippen molar-refractivity contribution in [1.82, 2.24) is 51.9 Å². The molecule has 7 rings (SSSR count). The van der Waals surface area contributed by atoms with Crippen LogP contribution in [0.4, 0.5) is 0 Å². The Balaban J connectivity index is 0.0000146. The van der Waals surface area contributed by atoms with Crippen LogP contribution in [0.2, 0.25) is 0 Å². The zero-order valence-electron chi connectivity index (χ0n) is 53.3. The molecule has 0 bridgehead atoms. The molecule has 0 spiro atoms. The molecule has 3 aliphatic heterocycles. The number of hydrogen-bond donors (Lipinski definition) is 14. The number of aromatic hydroxyl groups is 1. The minimum atomic E-state index is -2.17. The SMILES string of the molecule is COCCCCCCCOc1ccc(-c2nnc(-c3ccc(C(=O)N[C@H]4C[C@H](O)CNC(=O)[C@@H]5[C@@H](O)[C@H](C)CN5C(=O)[C@H]([C@H](O)CCNCCC(=O)O)NC(=O)[C@H]([C@H](O)Cc5ccc(O)c(OSOO[O-])c5)NC(=O)[C@@H]5C[C@H](O)CN5C(=O)[C@H]([C@H](C)O)NC4=O)cc3)s2)cc1.[Na+]. The van der Waals surface area contributed by atoms with Gasteiger partial charge in [-0.2, -0.15) is 0 Å². The van der Waals surface area contributed by atoms with Gasteiger partial charge < -0.3 is 101 Å². The second-order valence-electron chi connectivity index (χ2n) is 23.4.